The molecular weight excluding hydrogens is 402 g/mol. The standard InChI is InChI=1S/C26H37N3O3/c1-17-18(2)28-29(10)22(17)23(31-16-32-24(30)26(6,7)8)21(15-27-9)19-11-13-20(14-12-19)25(3,4)5/h11-15H,16H2,1-10H3/b23-21-,27-15-. The molecule has 174 valence electrons. The lowest BCUT2D eigenvalue weighted by Crippen LogP contribution is -2.24. The highest BCUT2D eigenvalue weighted by atomic mass is 16.7. The molecular formula is C26H37N3O3. The van der Waals surface area contributed by atoms with Crippen molar-refractivity contribution in [2.75, 3.05) is 13.8 Å². The minimum atomic E-state index is -0.608. The lowest BCUT2D eigenvalue weighted by Gasteiger charge is -2.21. The van der Waals surface area contributed by atoms with Crippen molar-refractivity contribution in [1.29, 1.82) is 0 Å². The molecule has 6 nitrogen and oxygen atoms in total. The van der Waals surface area contributed by atoms with Crippen LogP contribution in [0.25, 0.3) is 11.3 Å². The van der Waals surface area contributed by atoms with Gasteiger partial charge in [0.05, 0.1) is 11.1 Å². The molecule has 0 aliphatic carbocycles. The molecule has 32 heavy (non-hydrogen) atoms. The Morgan fingerprint density at radius 1 is 1.06 bits per heavy atom. The summed E-state index contributed by atoms with van der Waals surface area (Å²) >= 11 is 0. The number of rotatable bonds is 6. The van der Waals surface area contributed by atoms with Gasteiger partial charge in [-0.05, 0) is 51.2 Å². The van der Waals surface area contributed by atoms with Crippen molar-refractivity contribution >= 4 is 23.5 Å². The number of nitrogens with zero attached hydrogens (tertiary/aromatic N) is 3. The predicted octanol–water partition coefficient (Wildman–Crippen LogP) is 5.47. The van der Waals surface area contributed by atoms with Crippen LogP contribution in [0.4, 0.5) is 0 Å². The molecule has 2 rings (SSSR count). The Morgan fingerprint density at radius 2 is 1.66 bits per heavy atom. The second-order valence-corrected chi connectivity index (χ2v) is 10.1. The Balaban J connectivity index is 2.60. The molecule has 0 unspecified atom stereocenters. The minimum absolute atomic E-state index is 0.0531. The number of hydrogen-bond acceptors (Lipinski definition) is 5. The number of aromatic nitrogens is 2. The number of esters is 1. The third-order valence-electron chi connectivity index (χ3n) is 5.31. The van der Waals surface area contributed by atoms with Crippen molar-refractivity contribution < 1.29 is 14.3 Å². The monoisotopic (exact) mass is 439 g/mol. The molecule has 0 aliphatic heterocycles. The largest absolute Gasteiger partial charge is 0.454 e. The van der Waals surface area contributed by atoms with E-state index in [4.69, 9.17) is 9.47 Å². The smallest absolute Gasteiger partial charge is 0.314 e. The summed E-state index contributed by atoms with van der Waals surface area (Å²) in [4.78, 5) is 16.5. The fraction of sp³-hybridized carbons (Fsp3) is 0.500. The lowest BCUT2D eigenvalue weighted by molar-refractivity contribution is -0.161. The van der Waals surface area contributed by atoms with Gasteiger partial charge in [-0.25, -0.2) is 0 Å². The summed E-state index contributed by atoms with van der Waals surface area (Å²) in [6.07, 6.45) is 1.77. The zero-order chi connectivity index (χ0) is 24.3. The number of carbonyl (C=O) groups is 1. The van der Waals surface area contributed by atoms with Crippen LogP contribution in [0.3, 0.4) is 0 Å². The van der Waals surface area contributed by atoms with Crippen LogP contribution >= 0.6 is 0 Å². The normalized spacial score (nSPS) is 13.3. The summed E-state index contributed by atoms with van der Waals surface area (Å²) in [6.45, 7) is 15.8. The predicted molar refractivity (Wildman–Crippen MR) is 131 cm³/mol. The van der Waals surface area contributed by atoms with Crippen molar-refractivity contribution in [3.63, 3.8) is 0 Å². The molecule has 0 atom stereocenters. The van der Waals surface area contributed by atoms with Crippen molar-refractivity contribution in [2.24, 2.45) is 17.5 Å². The van der Waals surface area contributed by atoms with Crippen LogP contribution in [0.5, 0.6) is 0 Å². The summed E-state index contributed by atoms with van der Waals surface area (Å²) in [5, 5.41) is 4.55. The van der Waals surface area contributed by atoms with E-state index in [1.807, 2.05) is 41.7 Å². The van der Waals surface area contributed by atoms with Crippen molar-refractivity contribution in [3.05, 3.63) is 52.3 Å². The van der Waals surface area contributed by atoms with E-state index in [9.17, 15) is 4.79 Å². The van der Waals surface area contributed by atoms with Gasteiger partial charge in [0, 0.05) is 31.4 Å². The third-order valence-corrected chi connectivity index (χ3v) is 5.31. The van der Waals surface area contributed by atoms with E-state index in [0.717, 1.165) is 28.1 Å². The summed E-state index contributed by atoms with van der Waals surface area (Å²) < 4.78 is 13.3. The first-order valence-corrected chi connectivity index (χ1v) is 10.8. The van der Waals surface area contributed by atoms with Crippen LogP contribution < -0.4 is 0 Å². The van der Waals surface area contributed by atoms with E-state index in [1.54, 1.807) is 17.9 Å². The number of aryl methyl sites for hydroxylation is 2. The lowest BCUT2D eigenvalue weighted by atomic mass is 9.86. The molecule has 1 aromatic heterocycles. The molecule has 1 aromatic carbocycles. The fourth-order valence-electron chi connectivity index (χ4n) is 3.26. The molecule has 0 aliphatic rings. The minimum Gasteiger partial charge on any atom is -0.454 e. The van der Waals surface area contributed by atoms with Gasteiger partial charge in [0.25, 0.3) is 0 Å². The molecule has 0 amide bonds. The van der Waals surface area contributed by atoms with Crippen LogP contribution in [0.15, 0.2) is 29.3 Å². The van der Waals surface area contributed by atoms with Gasteiger partial charge in [-0.3, -0.25) is 14.5 Å². The Morgan fingerprint density at radius 3 is 2.09 bits per heavy atom. The van der Waals surface area contributed by atoms with E-state index in [1.165, 1.54) is 5.56 Å². The summed E-state index contributed by atoms with van der Waals surface area (Å²) in [6, 6.07) is 8.39. The van der Waals surface area contributed by atoms with E-state index in [-0.39, 0.29) is 18.2 Å². The highest BCUT2D eigenvalue weighted by Crippen LogP contribution is 2.31. The number of aliphatic imine (C=N–C) groups is 1. The summed E-state index contributed by atoms with van der Waals surface area (Å²) in [5.74, 6) is 0.247. The Kier molecular flexibility index (Phi) is 7.70. The molecule has 0 radical (unpaired) electrons. The second-order valence-electron chi connectivity index (χ2n) is 10.1. The van der Waals surface area contributed by atoms with Crippen LogP contribution in [0.2, 0.25) is 0 Å². The van der Waals surface area contributed by atoms with E-state index in [0.29, 0.717) is 5.76 Å². The highest BCUT2D eigenvalue weighted by molar-refractivity contribution is 6.18. The van der Waals surface area contributed by atoms with Crippen LogP contribution in [0.1, 0.15) is 69.6 Å². The Bertz CT molecular complexity index is 1010. The molecule has 0 fully saturated rings. The van der Waals surface area contributed by atoms with Gasteiger partial charge in [0.1, 0.15) is 5.69 Å². The average Bonchev–Trinajstić information content (AvgIpc) is 2.94. The second kappa shape index (κ2) is 9.72. The quantitative estimate of drug-likeness (QED) is 0.259. The third kappa shape index (κ3) is 5.87. The van der Waals surface area contributed by atoms with E-state index >= 15 is 0 Å². The average molecular weight is 440 g/mol. The maximum atomic E-state index is 12.3. The van der Waals surface area contributed by atoms with Crippen LogP contribution in [0, 0.1) is 19.3 Å². The Hall–Kier alpha value is -2.89. The molecule has 0 spiro atoms. The van der Waals surface area contributed by atoms with E-state index < -0.39 is 5.41 Å². The van der Waals surface area contributed by atoms with Gasteiger partial charge in [-0.1, -0.05) is 45.0 Å². The first kappa shape index (κ1) is 25.4. The van der Waals surface area contributed by atoms with Gasteiger partial charge in [-0.2, -0.15) is 5.10 Å². The molecule has 6 heteroatoms. The maximum absolute atomic E-state index is 12.3. The Labute approximate surface area is 192 Å². The van der Waals surface area contributed by atoms with Gasteiger partial charge < -0.3 is 9.47 Å². The number of hydrogen-bond donors (Lipinski definition) is 0. The van der Waals surface area contributed by atoms with Crippen molar-refractivity contribution in [2.45, 2.75) is 60.8 Å². The molecule has 0 saturated heterocycles. The van der Waals surface area contributed by atoms with Gasteiger partial charge >= 0.3 is 5.97 Å². The number of carbonyl (C=O) groups excluding carboxylic acids is 1. The first-order chi connectivity index (χ1) is 14.8. The topological polar surface area (TPSA) is 65.7 Å². The summed E-state index contributed by atoms with van der Waals surface area (Å²) in [7, 11) is 3.60. The van der Waals surface area contributed by atoms with E-state index in [2.05, 4.69) is 55.1 Å². The molecule has 0 saturated carbocycles. The van der Waals surface area contributed by atoms with Gasteiger partial charge in [0.2, 0.25) is 6.79 Å². The molecule has 1 heterocycles. The molecule has 2 aromatic rings. The zero-order valence-electron chi connectivity index (χ0n) is 21.2. The maximum Gasteiger partial charge on any atom is 0.314 e. The highest BCUT2D eigenvalue weighted by Gasteiger charge is 2.25. The van der Waals surface area contributed by atoms with Crippen LogP contribution in [-0.4, -0.2) is 35.8 Å². The number of benzene rings is 1. The number of allylic oxidation sites excluding steroid dienone is 1. The number of ether oxygens (including phenoxy) is 2. The SMILES string of the molecule is C/N=C\C(=C(\OCOC(=O)C(C)(C)C)c1c(C)c(C)nn1C)c1ccc(C(C)(C)C)cc1. The van der Waals surface area contributed by atoms with Gasteiger partial charge in [-0.15, -0.1) is 0 Å². The first-order valence-electron chi connectivity index (χ1n) is 10.8. The fourth-order valence-corrected chi connectivity index (χ4v) is 3.26. The van der Waals surface area contributed by atoms with Gasteiger partial charge in [0.15, 0.2) is 5.76 Å². The van der Waals surface area contributed by atoms with Crippen molar-refractivity contribution in [1.82, 2.24) is 9.78 Å². The van der Waals surface area contributed by atoms with Crippen LogP contribution in [-0.2, 0) is 26.7 Å². The zero-order valence-corrected chi connectivity index (χ0v) is 21.2. The molecule has 0 bridgehead atoms. The van der Waals surface area contributed by atoms with Crippen molar-refractivity contribution in [3.8, 4) is 0 Å². The molecule has 0 N–H and O–H groups in total. The summed E-state index contributed by atoms with van der Waals surface area (Å²) in [5.41, 5.74) is 5.17.